The van der Waals surface area contributed by atoms with Crippen LogP contribution in [-0.4, -0.2) is 10.7 Å². The van der Waals surface area contributed by atoms with Gasteiger partial charge in [-0.1, -0.05) is 13.8 Å². The highest BCUT2D eigenvalue weighted by atomic mass is 79.9. The van der Waals surface area contributed by atoms with Gasteiger partial charge < -0.3 is 0 Å². The average molecular weight is 260 g/mol. The van der Waals surface area contributed by atoms with Crippen molar-refractivity contribution in [3.8, 4) is 0 Å². The summed E-state index contributed by atoms with van der Waals surface area (Å²) in [5, 5.41) is 1.12. The number of hydrogen-bond donors (Lipinski definition) is 0. The predicted octanol–water partition coefficient (Wildman–Crippen LogP) is 3.90. The lowest BCUT2D eigenvalue weighted by molar-refractivity contribution is 0.749. The minimum Gasteiger partial charge on any atom is -0.249 e. The molecule has 0 fully saturated rings. The third-order valence-electron chi connectivity index (χ3n) is 1.59. The first kappa shape index (κ1) is 11.1. The Morgan fingerprint density at radius 2 is 2.23 bits per heavy atom. The van der Waals surface area contributed by atoms with Gasteiger partial charge in [0.25, 0.3) is 0 Å². The molecular weight excluding hydrogens is 246 g/mol. The van der Waals surface area contributed by atoms with E-state index in [9.17, 15) is 0 Å². The molecule has 0 aromatic carbocycles. The van der Waals surface area contributed by atoms with Crippen LogP contribution < -0.4 is 0 Å². The highest BCUT2D eigenvalue weighted by molar-refractivity contribution is 9.10. The molecule has 0 amide bonds. The first-order valence-corrected chi connectivity index (χ1v) is 6.12. The standard InChI is InChI=1S/C10H14BrNS/c1-7(2)6-13-10-4-8(3)9(11)5-12-10/h4-5,7H,6H2,1-3H3. The van der Waals surface area contributed by atoms with E-state index in [1.165, 1.54) is 5.56 Å². The summed E-state index contributed by atoms with van der Waals surface area (Å²) in [5.74, 6) is 1.85. The van der Waals surface area contributed by atoms with E-state index in [0.29, 0.717) is 0 Å². The van der Waals surface area contributed by atoms with Gasteiger partial charge in [0.15, 0.2) is 0 Å². The quantitative estimate of drug-likeness (QED) is 0.764. The third kappa shape index (κ3) is 3.69. The molecule has 1 nitrogen and oxygen atoms in total. The van der Waals surface area contributed by atoms with Crippen molar-refractivity contribution in [2.45, 2.75) is 25.8 Å². The molecule has 3 heteroatoms. The summed E-state index contributed by atoms with van der Waals surface area (Å²) in [4.78, 5) is 4.33. The minimum absolute atomic E-state index is 0.718. The summed E-state index contributed by atoms with van der Waals surface area (Å²) >= 11 is 5.26. The van der Waals surface area contributed by atoms with E-state index >= 15 is 0 Å². The highest BCUT2D eigenvalue weighted by Crippen LogP contribution is 2.22. The maximum absolute atomic E-state index is 4.33. The van der Waals surface area contributed by atoms with Gasteiger partial charge in [0, 0.05) is 16.4 Å². The van der Waals surface area contributed by atoms with Gasteiger partial charge in [-0.2, -0.15) is 0 Å². The van der Waals surface area contributed by atoms with Gasteiger partial charge in [-0.25, -0.2) is 4.98 Å². The smallest absolute Gasteiger partial charge is 0.0963 e. The number of pyridine rings is 1. The van der Waals surface area contributed by atoms with Gasteiger partial charge in [0.2, 0.25) is 0 Å². The van der Waals surface area contributed by atoms with Crippen LogP contribution in [0.5, 0.6) is 0 Å². The molecule has 0 saturated heterocycles. The molecule has 72 valence electrons. The molecule has 1 rings (SSSR count). The molecular formula is C10H14BrNS. The Hall–Kier alpha value is -0.0200. The first-order chi connectivity index (χ1) is 6.09. The molecule has 0 unspecified atom stereocenters. The summed E-state index contributed by atoms with van der Waals surface area (Å²) in [7, 11) is 0. The highest BCUT2D eigenvalue weighted by Gasteiger charge is 2.01. The van der Waals surface area contributed by atoms with Gasteiger partial charge in [0.1, 0.15) is 0 Å². The molecule has 0 spiro atoms. The van der Waals surface area contributed by atoms with Crippen LogP contribution in [0.1, 0.15) is 19.4 Å². The van der Waals surface area contributed by atoms with E-state index < -0.39 is 0 Å². The molecule has 0 atom stereocenters. The zero-order valence-corrected chi connectivity index (χ0v) is 10.6. The number of aromatic nitrogens is 1. The van der Waals surface area contributed by atoms with Crippen molar-refractivity contribution < 1.29 is 0 Å². The van der Waals surface area contributed by atoms with Crippen molar-refractivity contribution in [2.24, 2.45) is 5.92 Å². The minimum atomic E-state index is 0.718. The zero-order chi connectivity index (χ0) is 9.84. The average Bonchev–Trinajstić information content (AvgIpc) is 2.07. The Labute approximate surface area is 92.5 Å². The monoisotopic (exact) mass is 259 g/mol. The summed E-state index contributed by atoms with van der Waals surface area (Å²) < 4.78 is 1.08. The number of rotatable bonds is 3. The molecule has 0 saturated carbocycles. The Bertz CT molecular complexity index is 286. The van der Waals surface area contributed by atoms with Crippen molar-refractivity contribution in [3.05, 3.63) is 22.3 Å². The Kier molecular flexibility index (Phi) is 4.26. The number of aryl methyl sites for hydroxylation is 1. The van der Waals surface area contributed by atoms with Crippen LogP contribution in [0.25, 0.3) is 0 Å². The summed E-state index contributed by atoms with van der Waals surface area (Å²) in [6, 6.07) is 2.12. The molecule has 1 aromatic heterocycles. The lowest BCUT2D eigenvalue weighted by Gasteiger charge is -2.05. The maximum atomic E-state index is 4.33. The second kappa shape index (κ2) is 5.01. The number of hydrogen-bond acceptors (Lipinski definition) is 2. The normalized spacial score (nSPS) is 10.8. The van der Waals surface area contributed by atoms with Crippen molar-refractivity contribution in [1.29, 1.82) is 0 Å². The van der Waals surface area contributed by atoms with E-state index in [0.717, 1.165) is 21.2 Å². The van der Waals surface area contributed by atoms with Gasteiger partial charge in [0.05, 0.1) is 5.03 Å². The van der Waals surface area contributed by atoms with Crippen LogP contribution in [0.2, 0.25) is 0 Å². The second-order valence-corrected chi connectivity index (χ2v) is 5.37. The second-order valence-electron chi connectivity index (χ2n) is 3.48. The molecule has 0 aliphatic carbocycles. The summed E-state index contributed by atoms with van der Waals surface area (Å²) in [5.41, 5.74) is 1.25. The lowest BCUT2D eigenvalue weighted by atomic mass is 10.3. The van der Waals surface area contributed by atoms with Crippen molar-refractivity contribution >= 4 is 27.7 Å². The van der Waals surface area contributed by atoms with Crippen LogP contribution in [-0.2, 0) is 0 Å². The maximum Gasteiger partial charge on any atom is 0.0963 e. The molecule has 0 aliphatic heterocycles. The van der Waals surface area contributed by atoms with E-state index in [4.69, 9.17) is 0 Å². The van der Waals surface area contributed by atoms with Gasteiger partial charge in [-0.15, -0.1) is 11.8 Å². The molecule has 1 aromatic rings. The van der Waals surface area contributed by atoms with Crippen molar-refractivity contribution in [2.75, 3.05) is 5.75 Å². The summed E-state index contributed by atoms with van der Waals surface area (Å²) in [6.45, 7) is 6.53. The first-order valence-electron chi connectivity index (χ1n) is 4.34. The largest absolute Gasteiger partial charge is 0.249 e. The molecule has 13 heavy (non-hydrogen) atoms. The molecule has 0 aliphatic rings. The fourth-order valence-corrected chi connectivity index (χ4v) is 1.95. The van der Waals surface area contributed by atoms with E-state index in [2.05, 4.69) is 47.8 Å². The van der Waals surface area contributed by atoms with Crippen molar-refractivity contribution in [3.63, 3.8) is 0 Å². The number of thioether (sulfide) groups is 1. The third-order valence-corrected chi connectivity index (χ3v) is 3.77. The SMILES string of the molecule is Cc1cc(SCC(C)C)ncc1Br. The fraction of sp³-hybridized carbons (Fsp3) is 0.500. The number of halogens is 1. The summed E-state index contributed by atoms with van der Waals surface area (Å²) in [6.07, 6.45) is 1.87. The molecule has 0 bridgehead atoms. The van der Waals surface area contributed by atoms with Crippen LogP contribution in [0.3, 0.4) is 0 Å². The van der Waals surface area contributed by atoms with Crippen LogP contribution >= 0.6 is 27.7 Å². The zero-order valence-electron chi connectivity index (χ0n) is 8.17. The fourth-order valence-electron chi connectivity index (χ4n) is 0.845. The Balaban J connectivity index is 2.63. The predicted molar refractivity (Wildman–Crippen MR) is 62.2 cm³/mol. The van der Waals surface area contributed by atoms with Gasteiger partial charge in [-0.05, 0) is 40.4 Å². The van der Waals surface area contributed by atoms with E-state index in [1.54, 1.807) is 0 Å². The number of nitrogens with zero attached hydrogens (tertiary/aromatic N) is 1. The van der Waals surface area contributed by atoms with Crippen LogP contribution in [0, 0.1) is 12.8 Å². The molecule has 0 radical (unpaired) electrons. The Morgan fingerprint density at radius 1 is 1.54 bits per heavy atom. The van der Waals surface area contributed by atoms with Crippen LogP contribution in [0.4, 0.5) is 0 Å². The topological polar surface area (TPSA) is 12.9 Å². The van der Waals surface area contributed by atoms with Gasteiger partial charge >= 0.3 is 0 Å². The Morgan fingerprint density at radius 3 is 2.77 bits per heavy atom. The van der Waals surface area contributed by atoms with E-state index in [-0.39, 0.29) is 0 Å². The van der Waals surface area contributed by atoms with E-state index in [1.807, 2.05) is 18.0 Å². The lowest BCUT2D eigenvalue weighted by Crippen LogP contribution is -1.92. The van der Waals surface area contributed by atoms with Crippen molar-refractivity contribution in [1.82, 2.24) is 4.98 Å². The van der Waals surface area contributed by atoms with Gasteiger partial charge in [-0.3, -0.25) is 0 Å². The van der Waals surface area contributed by atoms with Crippen LogP contribution in [0.15, 0.2) is 21.8 Å². The molecule has 1 heterocycles. The molecule has 0 N–H and O–H groups in total.